The topological polar surface area (TPSA) is 128 Å². The molecule has 0 radical (unpaired) electrons. The number of carbonyl (C=O) groups excluding carboxylic acids is 3. The SMILES string of the molecule is CCC(C)N(C(=O)C(Cc1ccc(O)cc1)NC(=O)OC(C)(C)C)C(C(=O)NC(C)C)c1ccc(O)cc1. The van der Waals surface area contributed by atoms with Crippen LogP contribution in [0.3, 0.4) is 0 Å². The zero-order chi connectivity index (χ0) is 28.6. The number of phenols is 2. The first-order valence-corrected chi connectivity index (χ1v) is 12.9. The van der Waals surface area contributed by atoms with Gasteiger partial charge in [0, 0.05) is 18.5 Å². The first-order chi connectivity index (χ1) is 17.7. The van der Waals surface area contributed by atoms with Crippen LogP contribution in [0.5, 0.6) is 11.5 Å². The molecule has 0 saturated carbocycles. The van der Waals surface area contributed by atoms with Crippen LogP contribution >= 0.6 is 0 Å². The minimum Gasteiger partial charge on any atom is -0.508 e. The zero-order valence-corrected chi connectivity index (χ0v) is 23.3. The fourth-order valence-electron chi connectivity index (χ4n) is 3.95. The minimum atomic E-state index is -1.06. The van der Waals surface area contributed by atoms with Crippen LogP contribution in [0.15, 0.2) is 48.5 Å². The second-order valence-electron chi connectivity index (χ2n) is 10.7. The maximum atomic E-state index is 14.3. The van der Waals surface area contributed by atoms with Gasteiger partial charge in [-0.2, -0.15) is 0 Å². The fraction of sp³-hybridized carbons (Fsp3) is 0.483. The van der Waals surface area contributed by atoms with Gasteiger partial charge in [-0.1, -0.05) is 31.2 Å². The molecule has 9 heteroatoms. The lowest BCUT2D eigenvalue weighted by Gasteiger charge is -2.38. The summed E-state index contributed by atoms with van der Waals surface area (Å²) in [5.41, 5.74) is 0.447. The maximum absolute atomic E-state index is 14.3. The Labute approximate surface area is 225 Å². The molecule has 3 amide bonds. The van der Waals surface area contributed by atoms with E-state index in [1.165, 1.54) is 29.2 Å². The van der Waals surface area contributed by atoms with Crippen molar-refractivity contribution >= 4 is 17.9 Å². The van der Waals surface area contributed by atoms with Crippen molar-refractivity contribution in [1.29, 1.82) is 0 Å². The summed E-state index contributed by atoms with van der Waals surface area (Å²) >= 11 is 0. The summed E-state index contributed by atoms with van der Waals surface area (Å²) in [4.78, 5) is 42.1. The Hall–Kier alpha value is -3.75. The highest BCUT2D eigenvalue weighted by atomic mass is 16.6. The maximum Gasteiger partial charge on any atom is 0.408 e. The Morgan fingerprint density at radius 3 is 1.89 bits per heavy atom. The van der Waals surface area contributed by atoms with E-state index in [9.17, 15) is 24.6 Å². The van der Waals surface area contributed by atoms with Gasteiger partial charge in [-0.25, -0.2) is 4.79 Å². The van der Waals surface area contributed by atoms with Crippen molar-refractivity contribution in [3.63, 3.8) is 0 Å². The lowest BCUT2D eigenvalue weighted by Crippen LogP contribution is -2.56. The molecule has 4 N–H and O–H groups in total. The van der Waals surface area contributed by atoms with E-state index < -0.39 is 29.7 Å². The normalized spacial score (nSPS) is 13.8. The Kier molecular flexibility index (Phi) is 10.6. The summed E-state index contributed by atoms with van der Waals surface area (Å²) in [7, 11) is 0. The van der Waals surface area contributed by atoms with E-state index in [2.05, 4.69) is 10.6 Å². The van der Waals surface area contributed by atoms with E-state index >= 15 is 0 Å². The first-order valence-electron chi connectivity index (χ1n) is 12.9. The third-order valence-electron chi connectivity index (χ3n) is 5.85. The molecule has 3 atom stereocenters. The average molecular weight is 528 g/mol. The van der Waals surface area contributed by atoms with Crippen molar-refractivity contribution in [1.82, 2.24) is 15.5 Å². The summed E-state index contributed by atoms with van der Waals surface area (Å²) in [5, 5.41) is 25.1. The highest BCUT2D eigenvalue weighted by molar-refractivity contribution is 5.92. The quantitative estimate of drug-likeness (QED) is 0.362. The average Bonchev–Trinajstić information content (AvgIpc) is 2.81. The number of amides is 3. The Balaban J connectivity index is 2.57. The highest BCUT2D eigenvalue weighted by Crippen LogP contribution is 2.28. The first kappa shape index (κ1) is 30.5. The van der Waals surface area contributed by atoms with Gasteiger partial charge in [-0.3, -0.25) is 9.59 Å². The molecule has 0 saturated heterocycles. The van der Waals surface area contributed by atoms with Gasteiger partial charge in [0.2, 0.25) is 11.8 Å². The highest BCUT2D eigenvalue weighted by Gasteiger charge is 2.38. The molecule has 0 aliphatic carbocycles. The van der Waals surface area contributed by atoms with Gasteiger partial charge >= 0.3 is 6.09 Å². The minimum absolute atomic E-state index is 0.0370. The monoisotopic (exact) mass is 527 g/mol. The van der Waals surface area contributed by atoms with Crippen LogP contribution in [0, 0.1) is 0 Å². The van der Waals surface area contributed by atoms with Gasteiger partial charge in [0.25, 0.3) is 0 Å². The lowest BCUT2D eigenvalue weighted by molar-refractivity contribution is -0.145. The van der Waals surface area contributed by atoms with Crippen LogP contribution in [-0.2, 0) is 20.7 Å². The van der Waals surface area contributed by atoms with Crippen LogP contribution < -0.4 is 10.6 Å². The van der Waals surface area contributed by atoms with E-state index in [1.807, 2.05) is 27.7 Å². The van der Waals surface area contributed by atoms with Crippen LogP contribution in [-0.4, -0.2) is 56.7 Å². The predicted octanol–water partition coefficient (Wildman–Crippen LogP) is 4.43. The largest absolute Gasteiger partial charge is 0.508 e. The molecular weight excluding hydrogens is 486 g/mol. The van der Waals surface area contributed by atoms with E-state index in [0.717, 1.165) is 0 Å². The number of phenolic OH excluding ortho intramolecular Hbond substituents is 2. The van der Waals surface area contributed by atoms with Crippen LogP contribution in [0.1, 0.15) is 72.1 Å². The van der Waals surface area contributed by atoms with Crippen molar-refractivity contribution in [3.8, 4) is 11.5 Å². The van der Waals surface area contributed by atoms with E-state index in [0.29, 0.717) is 17.5 Å². The van der Waals surface area contributed by atoms with E-state index in [-0.39, 0.29) is 35.9 Å². The van der Waals surface area contributed by atoms with Crippen LogP contribution in [0.2, 0.25) is 0 Å². The Morgan fingerprint density at radius 2 is 1.42 bits per heavy atom. The van der Waals surface area contributed by atoms with E-state index in [4.69, 9.17) is 4.74 Å². The summed E-state index contributed by atoms with van der Waals surface area (Å²) in [6.45, 7) is 12.6. The molecule has 9 nitrogen and oxygen atoms in total. The van der Waals surface area contributed by atoms with Crippen LogP contribution in [0.4, 0.5) is 4.79 Å². The third-order valence-corrected chi connectivity index (χ3v) is 5.85. The summed E-state index contributed by atoms with van der Waals surface area (Å²) in [6.07, 6.45) is -0.0981. The molecule has 0 fully saturated rings. The number of carbonyl (C=O) groups is 3. The number of hydrogen-bond acceptors (Lipinski definition) is 6. The second-order valence-corrected chi connectivity index (χ2v) is 10.7. The standard InChI is InChI=1S/C29H41N3O6/c1-8-19(4)32(25(26(35)30-18(2)3)21-11-15-23(34)16-12-21)27(36)24(31-28(37)38-29(5,6)7)17-20-9-13-22(33)14-10-20/h9-16,18-19,24-25,33-34H,8,17H2,1-7H3,(H,30,35)(H,31,37). The van der Waals surface area contributed by atoms with Crippen molar-refractivity contribution < 1.29 is 29.3 Å². The number of nitrogens with one attached hydrogen (secondary N) is 2. The number of alkyl carbamates (subject to hydrolysis) is 1. The molecule has 2 aromatic rings. The summed E-state index contributed by atoms with van der Waals surface area (Å²) < 4.78 is 5.43. The number of nitrogens with zero attached hydrogens (tertiary/aromatic N) is 1. The van der Waals surface area contributed by atoms with Crippen molar-refractivity contribution in [2.24, 2.45) is 0 Å². The van der Waals surface area contributed by atoms with Gasteiger partial charge in [-0.05, 0) is 83.4 Å². The van der Waals surface area contributed by atoms with Gasteiger partial charge < -0.3 is 30.5 Å². The van der Waals surface area contributed by atoms with Gasteiger partial charge in [0.1, 0.15) is 29.2 Å². The number of ether oxygens (including phenoxy) is 1. The smallest absolute Gasteiger partial charge is 0.408 e. The van der Waals surface area contributed by atoms with Gasteiger partial charge in [0.15, 0.2) is 0 Å². The number of rotatable bonds is 10. The van der Waals surface area contributed by atoms with Gasteiger partial charge in [0.05, 0.1) is 0 Å². The molecule has 2 rings (SSSR count). The van der Waals surface area contributed by atoms with Crippen LogP contribution in [0.25, 0.3) is 0 Å². The molecule has 0 heterocycles. The number of aromatic hydroxyl groups is 2. The molecule has 0 spiro atoms. The Morgan fingerprint density at radius 1 is 0.895 bits per heavy atom. The molecule has 3 unspecified atom stereocenters. The van der Waals surface area contributed by atoms with Crippen molar-refractivity contribution in [3.05, 3.63) is 59.7 Å². The fourth-order valence-corrected chi connectivity index (χ4v) is 3.95. The third kappa shape index (κ3) is 8.97. The zero-order valence-electron chi connectivity index (χ0n) is 23.3. The molecule has 38 heavy (non-hydrogen) atoms. The molecule has 208 valence electrons. The van der Waals surface area contributed by atoms with Gasteiger partial charge in [-0.15, -0.1) is 0 Å². The second kappa shape index (κ2) is 13.2. The molecular formula is C29H41N3O6. The lowest BCUT2D eigenvalue weighted by atomic mass is 9.97. The Bertz CT molecular complexity index is 1080. The molecule has 0 aliphatic rings. The van der Waals surface area contributed by atoms with E-state index in [1.54, 1.807) is 45.0 Å². The molecule has 0 aliphatic heterocycles. The predicted molar refractivity (Wildman–Crippen MR) is 146 cm³/mol. The van der Waals surface area contributed by atoms with Crippen molar-refractivity contribution in [2.45, 2.75) is 91.1 Å². The molecule has 0 bridgehead atoms. The molecule has 2 aromatic carbocycles. The number of hydrogen-bond donors (Lipinski definition) is 4. The number of benzene rings is 2. The molecule has 0 aromatic heterocycles. The summed E-state index contributed by atoms with van der Waals surface area (Å²) in [6, 6.07) is 9.89. The van der Waals surface area contributed by atoms with Crippen molar-refractivity contribution in [2.75, 3.05) is 0 Å². The summed E-state index contributed by atoms with van der Waals surface area (Å²) in [5.74, 6) is -0.721.